The molecule has 8 heteroatoms. The van der Waals surface area contributed by atoms with Gasteiger partial charge in [-0.3, -0.25) is 14.4 Å². The summed E-state index contributed by atoms with van der Waals surface area (Å²) in [5, 5.41) is 4.45. The van der Waals surface area contributed by atoms with Crippen LogP contribution in [0, 0.1) is 0 Å². The molecule has 2 aliphatic heterocycles. The highest BCUT2D eigenvalue weighted by atomic mass is 16.7. The summed E-state index contributed by atoms with van der Waals surface area (Å²) in [6.07, 6.45) is 1.94. The van der Waals surface area contributed by atoms with Crippen LogP contribution in [0.4, 0.5) is 0 Å². The molecule has 28 heavy (non-hydrogen) atoms. The fraction of sp³-hybridized carbons (Fsp3) is 0.500. The first-order chi connectivity index (χ1) is 13.6. The normalized spacial score (nSPS) is 23.1. The zero-order chi connectivity index (χ0) is 19.4. The molecular formula is C20H26N4O4. The predicted octanol–water partition coefficient (Wildman–Crippen LogP) is 0.886. The summed E-state index contributed by atoms with van der Waals surface area (Å²) in [5.74, 6) is -0.153. The van der Waals surface area contributed by atoms with E-state index in [1.54, 1.807) is 9.58 Å². The second-order valence-electron chi connectivity index (χ2n) is 7.22. The molecule has 3 heterocycles. The molecule has 0 aliphatic carbocycles. The molecule has 0 N–H and O–H groups in total. The Bertz CT molecular complexity index is 793. The largest absolute Gasteiger partial charge is 0.484 e. The number of nitrogens with zero attached hydrogens (tertiary/aromatic N) is 4. The fourth-order valence-corrected chi connectivity index (χ4v) is 3.64. The van der Waals surface area contributed by atoms with Gasteiger partial charge in [-0.2, -0.15) is 5.10 Å². The zero-order valence-corrected chi connectivity index (χ0v) is 16.1. The van der Waals surface area contributed by atoms with Gasteiger partial charge in [-0.15, -0.1) is 0 Å². The van der Waals surface area contributed by atoms with Crippen molar-refractivity contribution in [2.75, 3.05) is 46.0 Å². The van der Waals surface area contributed by atoms with Gasteiger partial charge in [-0.05, 0) is 18.2 Å². The SMILES string of the molecule is Cn1ccc(CN2CCOC3(C2)CN(C(=O)COc2ccccc2)CCO3)n1. The van der Waals surface area contributed by atoms with Gasteiger partial charge in [0, 0.05) is 32.9 Å². The summed E-state index contributed by atoms with van der Waals surface area (Å²) in [4.78, 5) is 16.7. The van der Waals surface area contributed by atoms with E-state index in [9.17, 15) is 4.79 Å². The van der Waals surface area contributed by atoms with Crippen molar-refractivity contribution < 1.29 is 19.0 Å². The number of para-hydroxylation sites is 1. The molecule has 0 saturated carbocycles. The molecule has 0 bridgehead atoms. The Morgan fingerprint density at radius 2 is 1.93 bits per heavy atom. The molecule has 2 aliphatic rings. The number of morpholine rings is 2. The van der Waals surface area contributed by atoms with Gasteiger partial charge in [0.25, 0.3) is 5.91 Å². The fourth-order valence-electron chi connectivity index (χ4n) is 3.64. The van der Waals surface area contributed by atoms with Gasteiger partial charge in [0.2, 0.25) is 0 Å². The first-order valence-corrected chi connectivity index (χ1v) is 9.56. The van der Waals surface area contributed by atoms with Crippen molar-refractivity contribution in [3.63, 3.8) is 0 Å². The molecule has 2 saturated heterocycles. The lowest BCUT2D eigenvalue weighted by atomic mass is 10.1. The Kier molecular flexibility index (Phi) is 5.61. The molecule has 8 nitrogen and oxygen atoms in total. The first kappa shape index (κ1) is 18.9. The van der Waals surface area contributed by atoms with Crippen LogP contribution in [0.3, 0.4) is 0 Å². The number of carbonyl (C=O) groups excluding carboxylic acids is 1. The average molecular weight is 386 g/mol. The number of aromatic nitrogens is 2. The maximum Gasteiger partial charge on any atom is 0.260 e. The molecule has 1 aromatic carbocycles. The van der Waals surface area contributed by atoms with Crippen molar-refractivity contribution in [2.24, 2.45) is 7.05 Å². The van der Waals surface area contributed by atoms with Gasteiger partial charge in [0.15, 0.2) is 12.4 Å². The Hall–Kier alpha value is -2.42. The van der Waals surface area contributed by atoms with E-state index in [2.05, 4.69) is 10.00 Å². The van der Waals surface area contributed by atoms with Crippen molar-refractivity contribution in [3.8, 4) is 5.75 Å². The van der Waals surface area contributed by atoms with Crippen LogP contribution in [0.5, 0.6) is 5.75 Å². The van der Waals surface area contributed by atoms with Gasteiger partial charge < -0.3 is 19.1 Å². The Morgan fingerprint density at radius 3 is 2.68 bits per heavy atom. The number of rotatable bonds is 5. The number of hydrogen-bond donors (Lipinski definition) is 0. The van der Waals surface area contributed by atoms with Crippen molar-refractivity contribution in [1.82, 2.24) is 19.6 Å². The highest BCUT2D eigenvalue weighted by Gasteiger charge is 2.43. The Balaban J connectivity index is 1.34. The molecule has 1 unspecified atom stereocenters. The van der Waals surface area contributed by atoms with Crippen LogP contribution in [0.15, 0.2) is 42.6 Å². The minimum absolute atomic E-state index is 0.0116. The summed E-state index contributed by atoms with van der Waals surface area (Å²) < 4.78 is 19.4. The van der Waals surface area contributed by atoms with Crippen LogP contribution in [0.2, 0.25) is 0 Å². The predicted molar refractivity (Wildman–Crippen MR) is 102 cm³/mol. The van der Waals surface area contributed by atoms with Gasteiger partial charge >= 0.3 is 0 Å². The zero-order valence-electron chi connectivity index (χ0n) is 16.1. The lowest BCUT2D eigenvalue weighted by Gasteiger charge is -2.47. The van der Waals surface area contributed by atoms with E-state index in [0.717, 1.165) is 18.8 Å². The molecule has 2 fully saturated rings. The van der Waals surface area contributed by atoms with Crippen LogP contribution in [0.1, 0.15) is 5.69 Å². The van der Waals surface area contributed by atoms with Gasteiger partial charge in [-0.25, -0.2) is 0 Å². The van der Waals surface area contributed by atoms with Crippen LogP contribution < -0.4 is 4.74 Å². The highest BCUT2D eigenvalue weighted by molar-refractivity contribution is 5.78. The van der Waals surface area contributed by atoms with Crippen molar-refractivity contribution in [1.29, 1.82) is 0 Å². The number of ether oxygens (including phenoxy) is 3. The standard InChI is InChI=1S/C20H26N4O4/c1-22-8-7-17(21-22)13-23-9-11-27-20(15-23)16-24(10-12-28-20)19(25)14-26-18-5-3-2-4-6-18/h2-8H,9-16H2,1H3. The van der Waals surface area contributed by atoms with E-state index in [1.165, 1.54) is 0 Å². The summed E-state index contributed by atoms with van der Waals surface area (Å²) in [6, 6.07) is 11.4. The summed E-state index contributed by atoms with van der Waals surface area (Å²) in [6.45, 7) is 4.13. The van der Waals surface area contributed by atoms with Gasteiger partial charge in [0.05, 0.1) is 32.0 Å². The number of aryl methyl sites for hydroxylation is 1. The minimum Gasteiger partial charge on any atom is -0.484 e. The van der Waals surface area contributed by atoms with Crippen LogP contribution >= 0.6 is 0 Å². The van der Waals surface area contributed by atoms with E-state index in [4.69, 9.17) is 14.2 Å². The summed E-state index contributed by atoms with van der Waals surface area (Å²) in [5.41, 5.74) is 1.01. The molecular weight excluding hydrogens is 360 g/mol. The Labute approximate surface area is 164 Å². The highest BCUT2D eigenvalue weighted by Crippen LogP contribution is 2.25. The second kappa shape index (κ2) is 8.30. The molecule has 150 valence electrons. The monoisotopic (exact) mass is 386 g/mol. The molecule has 1 atom stereocenters. The number of benzene rings is 1. The third-order valence-electron chi connectivity index (χ3n) is 5.01. The lowest BCUT2D eigenvalue weighted by molar-refractivity contribution is -0.290. The molecule has 1 amide bonds. The van der Waals surface area contributed by atoms with E-state index in [-0.39, 0.29) is 12.5 Å². The van der Waals surface area contributed by atoms with E-state index in [1.807, 2.05) is 49.6 Å². The average Bonchev–Trinajstić information content (AvgIpc) is 3.11. The number of carbonyl (C=O) groups is 1. The van der Waals surface area contributed by atoms with E-state index >= 15 is 0 Å². The van der Waals surface area contributed by atoms with Gasteiger partial charge in [-0.1, -0.05) is 18.2 Å². The van der Waals surface area contributed by atoms with Crippen LogP contribution in [-0.2, 0) is 27.9 Å². The third kappa shape index (κ3) is 4.52. The number of amides is 1. The van der Waals surface area contributed by atoms with E-state index < -0.39 is 5.79 Å². The maximum atomic E-state index is 12.6. The molecule has 1 aromatic heterocycles. The minimum atomic E-state index is -0.784. The molecule has 2 aromatic rings. The first-order valence-electron chi connectivity index (χ1n) is 9.56. The van der Waals surface area contributed by atoms with Crippen molar-refractivity contribution in [2.45, 2.75) is 12.3 Å². The quantitative estimate of drug-likeness (QED) is 0.760. The lowest BCUT2D eigenvalue weighted by Crippen LogP contribution is -2.63. The third-order valence-corrected chi connectivity index (χ3v) is 5.01. The van der Waals surface area contributed by atoms with Gasteiger partial charge in [0.1, 0.15) is 5.75 Å². The van der Waals surface area contributed by atoms with Crippen molar-refractivity contribution in [3.05, 3.63) is 48.3 Å². The number of hydrogen-bond acceptors (Lipinski definition) is 6. The van der Waals surface area contributed by atoms with Crippen molar-refractivity contribution >= 4 is 5.91 Å². The van der Waals surface area contributed by atoms with E-state index in [0.29, 0.717) is 38.6 Å². The topological polar surface area (TPSA) is 69.1 Å². The molecule has 4 rings (SSSR count). The second-order valence-corrected chi connectivity index (χ2v) is 7.22. The smallest absolute Gasteiger partial charge is 0.260 e. The summed E-state index contributed by atoms with van der Waals surface area (Å²) >= 11 is 0. The molecule has 0 radical (unpaired) electrons. The Morgan fingerprint density at radius 1 is 1.14 bits per heavy atom. The maximum absolute atomic E-state index is 12.6. The molecule has 1 spiro atoms. The van der Waals surface area contributed by atoms with Crippen LogP contribution in [0.25, 0.3) is 0 Å². The summed E-state index contributed by atoms with van der Waals surface area (Å²) in [7, 11) is 1.91. The van der Waals surface area contributed by atoms with Crippen LogP contribution in [-0.4, -0.2) is 77.3 Å².